The van der Waals surface area contributed by atoms with Crippen LogP contribution >= 0.6 is 0 Å². The van der Waals surface area contributed by atoms with Gasteiger partial charge in [-0.1, -0.05) is 6.07 Å². The second-order valence-corrected chi connectivity index (χ2v) is 7.33. The first kappa shape index (κ1) is 18.4. The van der Waals surface area contributed by atoms with Crippen molar-refractivity contribution >= 4 is 17.7 Å². The maximum absolute atomic E-state index is 14.4. The van der Waals surface area contributed by atoms with Crippen LogP contribution in [0.4, 0.5) is 14.6 Å². The quantitative estimate of drug-likeness (QED) is 0.504. The fraction of sp³-hybridized carbons (Fsp3) is 0.200. The molecule has 2 aliphatic carbocycles. The summed E-state index contributed by atoms with van der Waals surface area (Å²) >= 11 is 0. The van der Waals surface area contributed by atoms with E-state index in [1.807, 2.05) is 0 Å². The first-order valence-electron chi connectivity index (χ1n) is 9.16. The summed E-state index contributed by atoms with van der Waals surface area (Å²) in [5, 5.41) is 23.9. The van der Waals surface area contributed by atoms with Crippen molar-refractivity contribution in [3.8, 4) is 5.69 Å². The zero-order chi connectivity index (χ0) is 21.2. The number of amides is 1. The van der Waals surface area contributed by atoms with E-state index >= 15 is 0 Å². The Kier molecular flexibility index (Phi) is 3.93. The summed E-state index contributed by atoms with van der Waals surface area (Å²) in [7, 11) is 0. The molecule has 0 saturated heterocycles. The number of nitrogens with zero attached hydrogens (tertiary/aromatic N) is 4. The number of hydrogen-bond donors (Lipinski definition) is 2. The largest absolute Gasteiger partial charge is 0.477 e. The summed E-state index contributed by atoms with van der Waals surface area (Å²) in [6.07, 6.45) is 1.44. The molecule has 2 aromatic heterocycles. The Bertz CT molecular complexity index is 1230. The van der Waals surface area contributed by atoms with Crippen LogP contribution < -0.4 is 5.06 Å². The van der Waals surface area contributed by atoms with Gasteiger partial charge in [0.05, 0.1) is 5.69 Å². The lowest BCUT2D eigenvalue weighted by molar-refractivity contribution is 0.0688. The number of halogens is 2. The van der Waals surface area contributed by atoms with Crippen molar-refractivity contribution in [3.63, 3.8) is 0 Å². The molecular weight excluding hydrogens is 398 g/mol. The van der Waals surface area contributed by atoms with Gasteiger partial charge < -0.3 is 5.11 Å². The van der Waals surface area contributed by atoms with Crippen LogP contribution in [0, 0.1) is 17.6 Å². The first-order valence-corrected chi connectivity index (χ1v) is 9.16. The predicted octanol–water partition coefficient (Wildman–Crippen LogP) is 2.94. The van der Waals surface area contributed by atoms with E-state index in [0.29, 0.717) is 23.6 Å². The van der Waals surface area contributed by atoms with E-state index in [4.69, 9.17) is 5.11 Å². The Morgan fingerprint density at radius 1 is 1.20 bits per heavy atom. The van der Waals surface area contributed by atoms with Crippen LogP contribution in [0.2, 0.25) is 0 Å². The molecule has 3 aromatic rings. The summed E-state index contributed by atoms with van der Waals surface area (Å²) in [5.74, 6) is -3.61. The molecule has 1 saturated carbocycles. The molecule has 0 aliphatic heterocycles. The van der Waals surface area contributed by atoms with Crippen molar-refractivity contribution in [2.45, 2.75) is 18.8 Å². The molecule has 8 nitrogen and oxygen atoms in total. The van der Waals surface area contributed by atoms with Crippen LogP contribution in [0.15, 0.2) is 36.4 Å². The number of rotatable bonds is 4. The summed E-state index contributed by atoms with van der Waals surface area (Å²) in [5.41, 5.74) is 0.860. The number of anilines is 1. The molecule has 1 aromatic carbocycles. The number of pyridine rings is 1. The summed E-state index contributed by atoms with van der Waals surface area (Å²) < 4.78 is 29.0. The number of aromatic carboxylic acids is 1. The van der Waals surface area contributed by atoms with Crippen LogP contribution in [0.25, 0.3) is 5.69 Å². The van der Waals surface area contributed by atoms with Gasteiger partial charge in [0.1, 0.15) is 11.5 Å². The predicted molar refractivity (Wildman–Crippen MR) is 97.8 cm³/mol. The van der Waals surface area contributed by atoms with Crippen molar-refractivity contribution in [3.05, 3.63) is 70.7 Å². The molecular formula is C20H14F2N4O4. The Balaban J connectivity index is 1.57. The van der Waals surface area contributed by atoms with E-state index < -0.39 is 23.5 Å². The number of benzene rings is 1. The molecule has 2 heterocycles. The average molecular weight is 412 g/mol. The van der Waals surface area contributed by atoms with E-state index in [1.54, 1.807) is 0 Å². The van der Waals surface area contributed by atoms with Crippen molar-refractivity contribution in [2.75, 3.05) is 5.06 Å². The molecule has 0 unspecified atom stereocenters. The van der Waals surface area contributed by atoms with E-state index in [9.17, 15) is 23.6 Å². The van der Waals surface area contributed by atoms with Gasteiger partial charge in [0.15, 0.2) is 23.0 Å². The topological polar surface area (TPSA) is 109 Å². The second kappa shape index (κ2) is 6.42. The van der Waals surface area contributed by atoms with Gasteiger partial charge in [-0.2, -0.15) is 10.2 Å². The van der Waals surface area contributed by atoms with Gasteiger partial charge in [-0.05, 0) is 43.0 Å². The molecule has 152 valence electrons. The van der Waals surface area contributed by atoms with Gasteiger partial charge in [-0.3, -0.25) is 10.0 Å². The number of carbonyl (C=O) groups excluding carboxylic acids is 1. The van der Waals surface area contributed by atoms with Gasteiger partial charge in [-0.25, -0.2) is 23.2 Å². The van der Waals surface area contributed by atoms with Crippen LogP contribution in [0.5, 0.6) is 0 Å². The summed E-state index contributed by atoms with van der Waals surface area (Å²) in [6, 6.07) is 6.93. The maximum atomic E-state index is 14.4. The fourth-order valence-electron chi connectivity index (χ4n) is 3.99. The molecule has 2 aliphatic rings. The van der Waals surface area contributed by atoms with E-state index in [0.717, 1.165) is 18.6 Å². The molecule has 0 bridgehead atoms. The lowest BCUT2D eigenvalue weighted by atomic mass is 10.1. The molecule has 5 rings (SSSR count). The van der Waals surface area contributed by atoms with Gasteiger partial charge >= 0.3 is 11.9 Å². The number of fused-ring (bicyclic) bond motifs is 3. The number of aromatic nitrogens is 3. The highest BCUT2D eigenvalue weighted by molar-refractivity contribution is 6.04. The Labute approximate surface area is 168 Å². The zero-order valence-electron chi connectivity index (χ0n) is 15.3. The van der Waals surface area contributed by atoms with Crippen molar-refractivity contribution < 1.29 is 28.7 Å². The monoisotopic (exact) mass is 412 g/mol. The minimum absolute atomic E-state index is 0.00902. The smallest absolute Gasteiger partial charge is 0.354 e. The van der Waals surface area contributed by atoms with E-state index in [2.05, 4.69) is 10.1 Å². The molecule has 2 N–H and O–H groups in total. The molecule has 2 atom stereocenters. The number of carboxylic acid groups (broad SMARTS) is 1. The van der Waals surface area contributed by atoms with Crippen LogP contribution in [0.1, 0.15) is 44.6 Å². The highest BCUT2D eigenvalue weighted by Crippen LogP contribution is 2.57. The van der Waals surface area contributed by atoms with Crippen molar-refractivity contribution in [1.82, 2.24) is 14.8 Å². The lowest BCUT2D eigenvalue weighted by Gasteiger charge is -2.13. The molecule has 0 spiro atoms. The SMILES string of the molecule is O=C(O)c1cccc(N(O)C(=O)c2nn(-c3ccc(F)cc3F)c3c2C[C@H]2C[C@@H]32)n1. The van der Waals surface area contributed by atoms with Gasteiger partial charge in [0.2, 0.25) is 0 Å². The minimum atomic E-state index is -1.31. The van der Waals surface area contributed by atoms with Crippen molar-refractivity contribution in [2.24, 2.45) is 5.92 Å². The summed E-state index contributed by atoms with van der Waals surface area (Å²) in [6.45, 7) is 0. The third-order valence-corrected chi connectivity index (χ3v) is 5.47. The van der Waals surface area contributed by atoms with E-state index in [-0.39, 0.29) is 33.9 Å². The van der Waals surface area contributed by atoms with Crippen LogP contribution in [-0.2, 0) is 6.42 Å². The van der Waals surface area contributed by atoms with Gasteiger partial charge in [0.25, 0.3) is 0 Å². The first-order chi connectivity index (χ1) is 14.3. The third-order valence-electron chi connectivity index (χ3n) is 5.47. The number of carboxylic acids is 1. The molecule has 1 fully saturated rings. The normalized spacial score (nSPS) is 18.6. The standard InChI is InChI=1S/C20H14F2N4O4/c21-10-4-5-15(13(22)8-10)25-18-11-6-9(11)7-12(18)17(24-25)19(27)26(30)16-3-1-2-14(23-16)20(28)29/h1-5,8-9,11,30H,6-7H2,(H,28,29)/t9-,11-/m1/s1. The zero-order valence-corrected chi connectivity index (χ0v) is 15.3. The Morgan fingerprint density at radius 2 is 2.00 bits per heavy atom. The Morgan fingerprint density at radius 3 is 2.73 bits per heavy atom. The second-order valence-electron chi connectivity index (χ2n) is 7.33. The minimum Gasteiger partial charge on any atom is -0.477 e. The third kappa shape index (κ3) is 2.76. The number of hydroxylamine groups is 1. The van der Waals surface area contributed by atoms with Crippen molar-refractivity contribution in [1.29, 1.82) is 0 Å². The molecule has 1 amide bonds. The number of hydrogen-bond acceptors (Lipinski definition) is 5. The van der Waals surface area contributed by atoms with Crippen LogP contribution in [-0.4, -0.2) is 37.0 Å². The molecule has 10 heteroatoms. The lowest BCUT2D eigenvalue weighted by Crippen LogP contribution is -2.29. The highest BCUT2D eigenvalue weighted by atomic mass is 19.1. The van der Waals surface area contributed by atoms with Gasteiger partial charge in [0, 0.05) is 17.5 Å². The Hall–Kier alpha value is -3.66. The maximum Gasteiger partial charge on any atom is 0.354 e. The van der Waals surface area contributed by atoms with Crippen LogP contribution in [0.3, 0.4) is 0 Å². The average Bonchev–Trinajstić information content (AvgIpc) is 3.23. The molecule has 0 radical (unpaired) electrons. The van der Waals surface area contributed by atoms with E-state index in [1.165, 1.54) is 28.9 Å². The highest BCUT2D eigenvalue weighted by Gasteiger charge is 2.50. The fourth-order valence-corrected chi connectivity index (χ4v) is 3.99. The van der Waals surface area contributed by atoms with Gasteiger partial charge in [-0.15, -0.1) is 0 Å². The number of carbonyl (C=O) groups is 2. The summed E-state index contributed by atoms with van der Waals surface area (Å²) in [4.78, 5) is 27.8. The molecule has 30 heavy (non-hydrogen) atoms.